The maximum Gasteiger partial charge on any atom is 0.185 e. The molecule has 1 aromatic carbocycles. The summed E-state index contributed by atoms with van der Waals surface area (Å²) in [6.07, 6.45) is 3.10. The first kappa shape index (κ1) is 10.3. The van der Waals surface area contributed by atoms with Crippen LogP contribution in [0.2, 0.25) is 0 Å². The number of nitrogens with zero attached hydrogens (tertiary/aromatic N) is 2. The monoisotopic (exact) mass is 214 g/mol. The molecule has 2 rings (SSSR count). The van der Waals surface area contributed by atoms with Gasteiger partial charge in [0.2, 0.25) is 0 Å². The van der Waals surface area contributed by atoms with Crippen LogP contribution >= 0.6 is 0 Å². The van der Waals surface area contributed by atoms with Gasteiger partial charge in [-0.3, -0.25) is 4.79 Å². The standard InChI is InChI=1S/C12H10N2O2/c15-10-3-1-2-9(6-10)7-12(16)11-4-5-13-8-14-11/h1-6,8,15H,7H2. The van der Waals surface area contributed by atoms with Gasteiger partial charge in [-0.1, -0.05) is 12.1 Å². The van der Waals surface area contributed by atoms with Gasteiger partial charge in [-0.15, -0.1) is 0 Å². The number of phenols is 1. The zero-order chi connectivity index (χ0) is 11.4. The molecular weight excluding hydrogens is 204 g/mol. The van der Waals surface area contributed by atoms with Crippen LogP contribution in [-0.2, 0) is 6.42 Å². The van der Waals surface area contributed by atoms with E-state index in [2.05, 4.69) is 9.97 Å². The first-order chi connectivity index (χ1) is 7.75. The molecule has 4 nitrogen and oxygen atoms in total. The fraction of sp³-hybridized carbons (Fsp3) is 0.0833. The highest BCUT2D eigenvalue weighted by molar-refractivity contribution is 5.95. The summed E-state index contributed by atoms with van der Waals surface area (Å²) >= 11 is 0. The molecule has 0 atom stereocenters. The molecule has 0 amide bonds. The van der Waals surface area contributed by atoms with Crippen molar-refractivity contribution in [3.63, 3.8) is 0 Å². The van der Waals surface area contributed by atoms with E-state index in [-0.39, 0.29) is 18.0 Å². The van der Waals surface area contributed by atoms with Crippen molar-refractivity contribution in [3.8, 4) is 5.75 Å². The Morgan fingerprint density at radius 2 is 2.19 bits per heavy atom. The number of phenolic OH excluding ortho intramolecular Hbond substituents is 1. The summed E-state index contributed by atoms with van der Waals surface area (Å²) in [6.45, 7) is 0. The normalized spacial score (nSPS) is 10.0. The van der Waals surface area contributed by atoms with Gasteiger partial charge in [0, 0.05) is 12.6 Å². The quantitative estimate of drug-likeness (QED) is 0.788. The van der Waals surface area contributed by atoms with Gasteiger partial charge in [-0.2, -0.15) is 0 Å². The maximum atomic E-state index is 11.8. The van der Waals surface area contributed by atoms with E-state index in [1.54, 1.807) is 30.3 Å². The number of aromatic nitrogens is 2. The minimum absolute atomic E-state index is 0.0898. The maximum absolute atomic E-state index is 11.8. The minimum atomic E-state index is -0.0898. The highest BCUT2D eigenvalue weighted by atomic mass is 16.3. The van der Waals surface area contributed by atoms with Crippen LogP contribution < -0.4 is 0 Å². The van der Waals surface area contributed by atoms with Crippen LogP contribution in [0.5, 0.6) is 5.75 Å². The van der Waals surface area contributed by atoms with Gasteiger partial charge in [-0.05, 0) is 23.8 Å². The number of carbonyl (C=O) groups is 1. The van der Waals surface area contributed by atoms with Crippen molar-refractivity contribution in [1.29, 1.82) is 0 Å². The summed E-state index contributed by atoms with van der Waals surface area (Å²) in [5.41, 5.74) is 1.15. The molecule has 80 valence electrons. The third-order valence-electron chi connectivity index (χ3n) is 2.14. The Balaban J connectivity index is 2.14. The van der Waals surface area contributed by atoms with Gasteiger partial charge < -0.3 is 5.11 Å². The van der Waals surface area contributed by atoms with Gasteiger partial charge >= 0.3 is 0 Å². The predicted octanol–water partition coefficient (Wildman–Crippen LogP) is 1.61. The fourth-order valence-electron chi connectivity index (χ4n) is 1.40. The lowest BCUT2D eigenvalue weighted by Gasteiger charge is -2.00. The second-order valence-electron chi connectivity index (χ2n) is 3.36. The molecule has 0 aliphatic heterocycles. The summed E-state index contributed by atoms with van der Waals surface area (Å²) in [4.78, 5) is 19.4. The topological polar surface area (TPSA) is 63.1 Å². The SMILES string of the molecule is O=C(Cc1cccc(O)c1)c1ccncn1. The summed E-state index contributed by atoms with van der Waals surface area (Å²) in [7, 11) is 0. The van der Waals surface area contributed by atoms with Crippen molar-refractivity contribution >= 4 is 5.78 Å². The second-order valence-corrected chi connectivity index (χ2v) is 3.36. The van der Waals surface area contributed by atoms with E-state index >= 15 is 0 Å². The molecule has 1 N–H and O–H groups in total. The van der Waals surface area contributed by atoms with Gasteiger partial charge in [0.25, 0.3) is 0 Å². The van der Waals surface area contributed by atoms with E-state index in [4.69, 9.17) is 0 Å². The molecule has 1 heterocycles. The lowest BCUT2D eigenvalue weighted by atomic mass is 10.1. The molecular formula is C12H10N2O2. The number of aromatic hydroxyl groups is 1. The fourth-order valence-corrected chi connectivity index (χ4v) is 1.40. The highest BCUT2D eigenvalue weighted by Gasteiger charge is 2.08. The van der Waals surface area contributed by atoms with Crippen molar-refractivity contribution in [3.05, 3.63) is 54.1 Å². The average Bonchev–Trinajstić information content (AvgIpc) is 2.30. The molecule has 0 spiro atoms. The Hall–Kier alpha value is -2.23. The Morgan fingerprint density at radius 3 is 2.88 bits per heavy atom. The van der Waals surface area contributed by atoms with Crippen LogP contribution in [-0.4, -0.2) is 20.9 Å². The Kier molecular flexibility index (Phi) is 2.91. The predicted molar refractivity (Wildman–Crippen MR) is 58.2 cm³/mol. The van der Waals surface area contributed by atoms with E-state index in [1.165, 1.54) is 12.5 Å². The number of ketones is 1. The van der Waals surface area contributed by atoms with Crippen molar-refractivity contribution in [1.82, 2.24) is 9.97 Å². The number of rotatable bonds is 3. The third-order valence-corrected chi connectivity index (χ3v) is 2.14. The molecule has 0 aliphatic rings. The number of Topliss-reactive ketones (excluding diaryl/α,β-unsaturated/α-hetero) is 1. The van der Waals surface area contributed by atoms with Crippen molar-refractivity contribution in [2.24, 2.45) is 0 Å². The van der Waals surface area contributed by atoms with E-state index in [9.17, 15) is 9.90 Å². The van der Waals surface area contributed by atoms with Crippen LogP contribution in [0.1, 0.15) is 16.1 Å². The van der Waals surface area contributed by atoms with Crippen molar-refractivity contribution < 1.29 is 9.90 Å². The highest BCUT2D eigenvalue weighted by Crippen LogP contribution is 2.12. The molecule has 1 aromatic heterocycles. The van der Waals surface area contributed by atoms with Crippen LogP contribution in [0.3, 0.4) is 0 Å². The molecule has 0 aliphatic carbocycles. The Bertz CT molecular complexity index is 497. The average molecular weight is 214 g/mol. The molecule has 0 radical (unpaired) electrons. The molecule has 2 aromatic rings. The molecule has 0 fully saturated rings. The molecule has 0 saturated heterocycles. The van der Waals surface area contributed by atoms with Crippen molar-refractivity contribution in [2.45, 2.75) is 6.42 Å². The van der Waals surface area contributed by atoms with Crippen LogP contribution in [0.25, 0.3) is 0 Å². The molecule has 0 saturated carbocycles. The lowest BCUT2D eigenvalue weighted by molar-refractivity contribution is 0.0988. The van der Waals surface area contributed by atoms with E-state index in [0.29, 0.717) is 5.69 Å². The molecule has 0 unspecified atom stereocenters. The van der Waals surface area contributed by atoms with Gasteiger partial charge in [-0.25, -0.2) is 9.97 Å². The second kappa shape index (κ2) is 4.53. The summed E-state index contributed by atoms with van der Waals surface area (Å²) < 4.78 is 0. The van der Waals surface area contributed by atoms with Gasteiger partial charge in [0.05, 0.1) is 0 Å². The Morgan fingerprint density at radius 1 is 1.31 bits per heavy atom. The van der Waals surface area contributed by atoms with Gasteiger partial charge in [0.15, 0.2) is 5.78 Å². The minimum Gasteiger partial charge on any atom is -0.508 e. The van der Waals surface area contributed by atoms with Gasteiger partial charge in [0.1, 0.15) is 17.8 Å². The van der Waals surface area contributed by atoms with E-state index in [0.717, 1.165) is 5.56 Å². The van der Waals surface area contributed by atoms with Crippen LogP contribution in [0.15, 0.2) is 42.9 Å². The number of benzene rings is 1. The smallest absolute Gasteiger partial charge is 0.185 e. The van der Waals surface area contributed by atoms with E-state index < -0.39 is 0 Å². The number of hydrogen-bond donors (Lipinski definition) is 1. The molecule has 4 heteroatoms. The summed E-state index contributed by atoms with van der Waals surface area (Å²) in [6, 6.07) is 8.21. The van der Waals surface area contributed by atoms with E-state index in [1.807, 2.05) is 0 Å². The molecule has 16 heavy (non-hydrogen) atoms. The Labute approximate surface area is 92.6 Å². The molecule has 0 bridgehead atoms. The zero-order valence-electron chi connectivity index (χ0n) is 8.50. The van der Waals surface area contributed by atoms with Crippen LogP contribution in [0, 0.1) is 0 Å². The first-order valence-corrected chi connectivity index (χ1v) is 4.83. The number of hydrogen-bond acceptors (Lipinski definition) is 4. The summed E-state index contributed by atoms with van der Waals surface area (Å²) in [5, 5.41) is 9.26. The zero-order valence-corrected chi connectivity index (χ0v) is 8.50. The third kappa shape index (κ3) is 2.42. The first-order valence-electron chi connectivity index (χ1n) is 4.83. The number of carbonyl (C=O) groups excluding carboxylic acids is 1. The van der Waals surface area contributed by atoms with Crippen molar-refractivity contribution in [2.75, 3.05) is 0 Å². The lowest BCUT2D eigenvalue weighted by Crippen LogP contribution is -2.05. The largest absolute Gasteiger partial charge is 0.508 e. The summed E-state index contributed by atoms with van der Waals surface area (Å²) in [5.74, 6) is 0.0704. The van der Waals surface area contributed by atoms with Crippen LogP contribution in [0.4, 0.5) is 0 Å².